The summed E-state index contributed by atoms with van der Waals surface area (Å²) in [4.78, 5) is 2.35. The molecule has 0 amide bonds. The Balaban J connectivity index is 2.45. The summed E-state index contributed by atoms with van der Waals surface area (Å²) >= 11 is 0. The highest BCUT2D eigenvalue weighted by Gasteiger charge is 1.99. The van der Waals surface area contributed by atoms with Crippen LogP contribution in [0.2, 0.25) is 0 Å². The van der Waals surface area contributed by atoms with Crippen molar-refractivity contribution in [3.63, 3.8) is 0 Å². The summed E-state index contributed by atoms with van der Waals surface area (Å²) in [6.07, 6.45) is 2.35. The predicted molar refractivity (Wildman–Crippen MR) is 71.9 cm³/mol. The van der Waals surface area contributed by atoms with Crippen LogP contribution in [0.15, 0.2) is 24.3 Å². The molecule has 0 bridgehead atoms. The molecule has 0 atom stereocenters. The van der Waals surface area contributed by atoms with Crippen molar-refractivity contribution >= 4 is 0 Å². The Morgan fingerprint density at radius 3 is 2.12 bits per heavy atom. The van der Waals surface area contributed by atoms with Crippen LogP contribution in [0, 0.1) is 5.92 Å². The largest absolute Gasteiger partial charge is 0.306 e. The van der Waals surface area contributed by atoms with E-state index in [4.69, 9.17) is 0 Å². The average Bonchev–Trinajstić information content (AvgIpc) is 2.27. The highest BCUT2D eigenvalue weighted by atomic mass is 15.1. The van der Waals surface area contributed by atoms with Gasteiger partial charge in [0.05, 0.1) is 0 Å². The molecule has 0 heterocycles. The molecule has 0 aliphatic rings. The first-order valence-corrected chi connectivity index (χ1v) is 6.38. The van der Waals surface area contributed by atoms with E-state index >= 15 is 0 Å². The molecule has 90 valence electrons. The summed E-state index contributed by atoms with van der Waals surface area (Å²) in [5, 5.41) is 0. The van der Waals surface area contributed by atoms with Crippen LogP contribution in [0.5, 0.6) is 0 Å². The molecule has 1 rings (SSSR count). The van der Waals surface area contributed by atoms with Crippen LogP contribution in [0.25, 0.3) is 0 Å². The fourth-order valence-electron chi connectivity index (χ4n) is 1.79. The molecule has 0 aliphatic carbocycles. The zero-order valence-corrected chi connectivity index (χ0v) is 11.2. The van der Waals surface area contributed by atoms with E-state index in [1.807, 2.05) is 0 Å². The fourth-order valence-corrected chi connectivity index (χ4v) is 1.79. The van der Waals surface area contributed by atoms with Crippen molar-refractivity contribution in [3.8, 4) is 0 Å². The summed E-state index contributed by atoms with van der Waals surface area (Å²) in [7, 11) is 2.17. The Morgan fingerprint density at radius 2 is 1.62 bits per heavy atom. The van der Waals surface area contributed by atoms with Gasteiger partial charge in [-0.2, -0.15) is 0 Å². The number of hydrogen-bond donors (Lipinski definition) is 0. The van der Waals surface area contributed by atoms with Crippen molar-refractivity contribution in [3.05, 3.63) is 35.4 Å². The van der Waals surface area contributed by atoms with Crippen molar-refractivity contribution in [1.29, 1.82) is 0 Å². The van der Waals surface area contributed by atoms with Gasteiger partial charge in [-0.1, -0.05) is 45.0 Å². The molecule has 0 N–H and O–H groups in total. The first kappa shape index (κ1) is 13.2. The van der Waals surface area contributed by atoms with Crippen LogP contribution in [0.3, 0.4) is 0 Å². The van der Waals surface area contributed by atoms with Gasteiger partial charge < -0.3 is 4.90 Å². The predicted octanol–water partition coefficient (Wildman–Crippen LogP) is 3.38. The van der Waals surface area contributed by atoms with E-state index in [1.165, 1.54) is 17.5 Å². The van der Waals surface area contributed by atoms with Gasteiger partial charge in [0.1, 0.15) is 0 Å². The summed E-state index contributed by atoms with van der Waals surface area (Å²) in [6.45, 7) is 9.02. The first-order valence-electron chi connectivity index (χ1n) is 6.38. The van der Waals surface area contributed by atoms with Crippen LogP contribution in [0.1, 0.15) is 31.9 Å². The molecular weight excluding hydrogens is 194 g/mol. The minimum Gasteiger partial charge on any atom is -0.306 e. The lowest BCUT2D eigenvalue weighted by Crippen LogP contribution is -2.20. The van der Waals surface area contributed by atoms with Crippen molar-refractivity contribution < 1.29 is 0 Å². The second-order valence-electron chi connectivity index (χ2n) is 5.06. The average molecular weight is 219 g/mol. The second-order valence-corrected chi connectivity index (χ2v) is 5.06. The minimum absolute atomic E-state index is 0.747. The Bertz CT molecular complexity index is 287. The molecule has 1 nitrogen and oxygen atoms in total. The van der Waals surface area contributed by atoms with Gasteiger partial charge in [-0.05, 0) is 43.5 Å². The molecule has 0 aliphatic heterocycles. The van der Waals surface area contributed by atoms with Crippen LogP contribution in [-0.2, 0) is 12.8 Å². The number of likely N-dealkylation sites (N-methyl/N-ethyl adjacent to an activating group) is 1. The number of nitrogens with zero attached hydrogens (tertiary/aromatic N) is 1. The number of benzene rings is 1. The normalized spacial score (nSPS) is 11.4. The molecule has 1 heteroatoms. The quantitative estimate of drug-likeness (QED) is 0.709. The van der Waals surface area contributed by atoms with Crippen molar-refractivity contribution in [2.45, 2.75) is 33.6 Å². The smallest absolute Gasteiger partial charge is 0.00187 e. The van der Waals surface area contributed by atoms with Crippen LogP contribution in [-0.4, -0.2) is 25.0 Å². The molecule has 0 unspecified atom stereocenters. The minimum atomic E-state index is 0.747. The third-order valence-corrected chi connectivity index (χ3v) is 2.99. The van der Waals surface area contributed by atoms with E-state index in [1.54, 1.807) is 0 Å². The molecule has 0 saturated carbocycles. The molecule has 1 aromatic carbocycles. The van der Waals surface area contributed by atoms with Crippen molar-refractivity contribution in [2.24, 2.45) is 5.92 Å². The Kier molecular flexibility index (Phi) is 5.54. The highest BCUT2D eigenvalue weighted by Crippen LogP contribution is 2.10. The zero-order valence-electron chi connectivity index (χ0n) is 11.2. The van der Waals surface area contributed by atoms with Crippen LogP contribution < -0.4 is 0 Å². The topological polar surface area (TPSA) is 3.24 Å². The zero-order chi connectivity index (χ0) is 12.0. The molecule has 0 saturated heterocycles. The van der Waals surface area contributed by atoms with Gasteiger partial charge in [0.25, 0.3) is 0 Å². The Labute approximate surface area is 100 Å². The molecule has 0 aromatic heterocycles. The molecule has 16 heavy (non-hydrogen) atoms. The summed E-state index contributed by atoms with van der Waals surface area (Å²) < 4.78 is 0. The standard InChI is InChI=1S/C15H25N/c1-5-16(4)11-10-14-6-8-15(9-7-14)12-13(2)3/h6-9,13H,5,10-12H2,1-4H3. The van der Waals surface area contributed by atoms with E-state index in [9.17, 15) is 0 Å². The van der Waals surface area contributed by atoms with Gasteiger partial charge in [0.15, 0.2) is 0 Å². The van der Waals surface area contributed by atoms with Gasteiger partial charge in [-0.25, -0.2) is 0 Å². The van der Waals surface area contributed by atoms with Gasteiger partial charge in [-0.15, -0.1) is 0 Å². The maximum atomic E-state index is 2.35. The van der Waals surface area contributed by atoms with E-state index in [-0.39, 0.29) is 0 Å². The van der Waals surface area contributed by atoms with E-state index < -0.39 is 0 Å². The molecule has 1 aromatic rings. The van der Waals surface area contributed by atoms with Gasteiger partial charge in [-0.3, -0.25) is 0 Å². The lowest BCUT2D eigenvalue weighted by atomic mass is 10.0. The summed E-state index contributed by atoms with van der Waals surface area (Å²) in [5.74, 6) is 0.747. The molecule has 0 fully saturated rings. The monoisotopic (exact) mass is 219 g/mol. The SMILES string of the molecule is CCN(C)CCc1ccc(CC(C)C)cc1. The lowest BCUT2D eigenvalue weighted by molar-refractivity contribution is 0.357. The molecule has 0 radical (unpaired) electrons. The van der Waals surface area contributed by atoms with Crippen LogP contribution in [0.4, 0.5) is 0 Å². The van der Waals surface area contributed by atoms with Crippen molar-refractivity contribution in [1.82, 2.24) is 4.90 Å². The second kappa shape index (κ2) is 6.70. The summed E-state index contributed by atoms with van der Waals surface area (Å²) in [6, 6.07) is 9.12. The Hall–Kier alpha value is -0.820. The number of hydrogen-bond acceptors (Lipinski definition) is 1. The van der Waals surface area contributed by atoms with Gasteiger partial charge in [0.2, 0.25) is 0 Å². The Morgan fingerprint density at radius 1 is 1.06 bits per heavy atom. The van der Waals surface area contributed by atoms with E-state index in [0.29, 0.717) is 0 Å². The summed E-state index contributed by atoms with van der Waals surface area (Å²) in [5.41, 5.74) is 2.91. The fraction of sp³-hybridized carbons (Fsp3) is 0.600. The first-order chi connectivity index (χ1) is 7.61. The van der Waals surface area contributed by atoms with Gasteiger partial charge in [0, 0.05) is 6.54 Å². The molecule has 0 spiro atoms. The van der Waals surface area contributed by atoms with Gasteiger partial charge >= 0.3 is 0 Å². The van der Waals surface area contributed by atoms with Crippen LogP contribution >= 0.6 is 0 Å². The van der Waals surface area contributed by atoms with E-state index in [2.05, 4.69) is 57.0 Å². The van der Waals surface area contributed by atoms with E-state index in [0.717, 1.165) is 25.4 Å². The maximum absolute atomic E-state index is 2.35. The highest BCUT2D eigenvalue weighted by molar-refractivity contribution is 5.23. The number of rotatable bonds is 6. The lowest BCUT2D eigenvalue weighted by Gasteiger charge is -2.13. The van der Waals surface area contributed by atoms with Crippen molar-refractivity contribution in [2.75, 3.05) is 20.1 Å². The third kappa shape index (κ3) is 4.80. The third-order valence-electron chi connectivity index (χ3n) is 2.99. The molecular formula is C15H25N. The maximum Gasteiger partial charge on any atom is 0.00187 e.